The van der Waals surface area contributed by atoms with Crippen molar-refractivity contribution in [1.29, 1.82) is 0 Å². The Morgan fingerprint density at radius 1 is 1.41 bits per heavy atom. The highest BCUT2D eigenvalue weighted by atomic mass is 35.5. The summed E-state index contributed by atoms with van der Waals surface area (Å²) >= 11 is 7.83. The Bertz CT molecular complexity index is 330. The minimum Gasteiger partial charge on any atom is -0.383 e. The summed E-state index contributed by atoms with van der Waals surface area (Å²) in [5, 5.41) is 3.38. The first-order chi connectivity index (χ1) is 7.97. The molecule has 4 heteroatoms. The van der Waals surface area contributed by atoms with Gasteiger partial charge in [-0.2, -0.15) is 0 Å². The average molecular weight is 276 g/mol. The molecule has 1 heterocycles. The quantitative estimate of drug-likeness (QED) is 0.768. The Morgan fingerprint density at radius 3 is 2.65 bits per heavy atom. The van der Waals surface area contributed by atoms with E-state index in [4.69, 9.17) is 16.3 Å². The number of hydrogen-bond acceptors (Lipinski definition) is 3. The van der Waals surface area contributed by atoms with Crippen LogP contribution < -0.4 is 5.32 Å². The van der Waals surface area contributed by atoms with Crippen molar-refractivity contribution < 1.29 is 4.74 Å². The predicted molar refractivity (Wildman–Crippen MR) is 76.5 cm³/mol. The molecule has 0 aromatic carbocycles. The summed E-state index contributed by atoms with van der Waals surface area (Å²) in [6, 6.07) is 2.21. The molecule has 1 rings (SSSR count). The van der Waals surface area contributed by atoms with Gasteiger partial charge in [0.05, 0.1) is 10.9 Å². The lowest BCUT2D eigenvalue weighted by Crippen LogP contribution is -2.26. The van der Waals surface area contributed by atoms with Gasteiger partial charge in [-0.15, -0.1) is 11.3 Å². The average Bonchev–Trinajstić information content (AvgIpc) is 2.60. The molecule has 1 N–H and O–H groups in total. The van der Waals surface area contributed by atoms with Gasteiger partial charge < -0.3 is 10.1 Å². The van der Waals surface area contributed by atoms with Crippen molar-refractivity contribution in [3.05, 3.63) is 20.8 Å². The van der Waals surface area contributed by atoms with E-state index in [0.29, 0.717) is 0 Å². The fraction of sp³-hybridized carbons (Fsp3) is 0.692. The lowest BCUT2D eigenvalue weighted by atomic mass is 9.87. The van der Waals surface area contributed by atoms with E-state index in [2.05, 4.69) is 32.2 Å². The largest absolute Gasteiger partial charge is 0.383 e. The summed E-state index contributed by atoms with van der Waals surface area (Å²) in [7, 11) is 1.72. The number of ether oxygens (including phenoxy) is 1. The van der Waals surface area contributed by atoms with Crippen LogP contribution in [0.4, 0.5) is 0 Å². The molecule has 1 aromatic heterocycles. The molecule has 0 saturated carbocycles. The SMILES string of the molecule is COCCNCCC(C)(C)c1cc(C)c(Cl)s1. The van der Waals surface area contributed by atoms with Crippen molar-refractivity contribution in [3.8, 4) is 0 Å². The lowest BCUT2D eigenvalue weighted by molar-refractivity contribution is 0.198. The minimum atomic E-state index is 0.183. The number of hydrogen-bond donors (Lipinski definition) is 1. The van der Waals surface area contributed by atoms with Crippen LogP contribution >= 0.6 is 22.9 Å². The van der Waals surface area contributed by atoms with Gasteiger partial charge in [0.15, 0.2) is 0 Å². The highest BCUT2D eigenvalue weighted by molar-refractivity contribution is 7.16. The van der Waals surface area contributed by atoms with Crippen molar-refractivity contribution in [2.24, 2.45) is 0 Å². The Morgan fingerprint density at radius 2 is 2.12 bits per heavy atom. The topological polar surface area (TPSA) is 21.3 Å². The number of thiophene rings is 1. The lowest BCUT2D eigenvalue weighted by Gasteiger charge is -2.23. The summed E-state index contributed by atoms with van der Waals surface area (Å²) in [5.74, 6) is 0. The fourth-order valence-electron chi connectivity index (χ4n) is 1.62. The molecule has 17 heavy (non-hydrogen) atoms. The number of rotatable bonds is 7. The third-order valence-corrected chi connectivity index (χ3v) is 4.86. The smallest absolute Gasteiger partial charge is 0.0960 e. The van der Waals surface area contributed by atoms with Gasteiger partial charge in [0.25, 0.3) is 0 Å². The molecule has 0 bridgehead atoms. The van der Waals surface area contributed by atoms with Crippen molar-refractivity contribution in [1.82, 2.24) is 5.32 Å². The third-order valence-electron chi connectivity index (χ3n) is 2.93. The maximum atomic E-state index is 6.12. The van der Waals surface area contributed by atoms with Crippen molar-refractivity contribution in [3.63, 3.8) is 0 Å². The second kappa shape index (κ2) is 6.74. The van der Waals surface area contributed by atoms with E-state index in [1.54, 1.807) is 18.4 Å². The summed E-state index contributed by atoms with van der Waals surface area (Å²) in [4.78, 5) is 1.37. The van der Waals surface area contributed by atoms with Crippen LogP contribution in [0.3, 0.4) is 0 Å². The number of aryl methyl sites for hydroxylation is 1. The van der Waals surface area contributed by atoms with Crippen LogP contribution in [0.25, 0.3) is 0 Å². The molecule has 1 aromatic rings. The Balaban J connectivity index is 2.45. The molecule has 0 radical (unpaired) electrons. The maximum absolute atomic E-state index is 6.12. The maximum Gasteiger partial charge on any atom is 0.0960 e. The van der Waals surface area contributed by atoms with Crippen LogP contribution in [-0.2, 0) is 10.2 Å². The monoisotopic (exact) mass is 275 g/mol. The van der Waals surface area contributed by atoms with Gasteiger partial charge in [0.1, 0.15) is 0 Å². The molecule has 0 aliphatic rings. The normalized spacial score (nSPS) is 12.1. The molecule has 0 atom stereocenters. The van der Waals surface area contributed by atoms with Crippen molar-refractivity contribution >= 4 is 22.9 Å². The Labute approximate surface area is 113 Å². The first-order valence-electron chi connectivity index (χ1n) is 5.93. The van der Waals surface area contributed by atoms with E-state index in [1.807, 2.05) is 0 Å². The second-order valence-corrected chi connectivity index (χ2v) is 6.60. The van der Waals surface area contributed by atoms with E-state index >= 15 is 0 Å². The molecular weight excluding hydrogens is 254 g/mol. The van der Waals surface area contributed by atoms with E-state index in [9.17, 15) is 0 Å². The zero-order valence-electron chi connectivity index (χ0n) is 11.1. The van der Waals surface area contributed by atoms with Gasteiger partial charge in [0, 0.05) is 23.9 Å². The minimum absolute atomic E-state index is 0.183. The number of halogens is 1. The number of nitrogens with one attached hydrogen (secondary N) is 1. The molecule has 0 fully saturated rings. The van der Waals surface area contributed by atoms with E-state index in [1.165, 1.54) is 10.4 Å². The van der Waals surface area contributed by atoms with E-state index < -0.39 is 0 Å². The molecule has 0 aliphatic heterocycles. The van der Waals surface area contributed by atoms with Gasteiger partial charge in [-0.05, 0) is 31.5 Å². The van der Waals surface area contributed by atoms with Crippen LogP contribution in [0, 0.1) is 6.92 Å². The van der Waals surface area contributed by atoms with Crippen LogP contribution in [0.15, 0.2) is 6.07 Å². The Kier molecular flexibility index (Phi) is 5.93. The zero-order valence-corrected chi connectivity index (χ0v) is 12.7. The van der Waals surface area contributed by atoms with Crippen LogP contribution in [0.1, 0.15) is 30.7 Å². The number of methoxy groups -OCH3 is 1. The van der Waals surface area contributed by atoms with Crippen LogP contribution in [-0.4, -0.2) is 26.8 Å². The molecule has 0 amide bonds. The summed E-state index contributed by atoms with van der Waals surface area (Å²) < 4.78 is 5.92. The summed E-state index contributed by atoms with van der Waals surface area (Å²) in [6.45, 7) is 9.29. The molecular formula is C13H22ClNOS. The Hall–Kier alpha value is -0.0900. The fourth-order valence-corrected chi connectivity index (χ4v) is 2.95. The second-order valence-electron chi connectivity index (χ2n) is 4.94. The molecule has 98 valence electrons. The molecule has 0 unspecified atom stereocenters. The standard InChI is InChI=1S/C13H22ClNOS/c1-10-9-11(17-12(10)14)13(2,3)5-6-15-7-8-16-4/h9,15H,5-8H2,1-4H3. The molecule has 0 aliphatic carbocycles. The summed E-state index contributed by atoms with van der Waals surface area (Å²) in [5.41, 5.74) is 1.37. The van der Waals surface area contributed by atoms with Crippen molar-refractivity contribution in [2.75, 3.05) is 26.8 Å². The van der Waals surface area contributed by atoms with Crippen LogP contribution in [0.2, 0.25) is 4.34 Å². The molecule has 0 spiro atoms. The predicted octanol–water partition coefficient (Wildman–Crippen LogP) is 3.61. The van der Waals surface area contributed by atoms with Crippen molar-refractivity contribution in [2.45, 2.75) is 32.6 Å². The van der Waals surface area contributed by atoms with Gasteiger partial charge in [-0.3, -0.25) is 0 Å². The highest BCUT2D eigenvalue weighted by Crippen LogP contribution is 2.36. The summed E-state index contributed by atoms with van der Waals surface area (Å²) in [6.07, 6.45) is 1.10. The molecule has 2 nitrogen and oxygen atoms in total. The first-order valence-corrected chi connectivity index (χ1v) is 7.13. The van der Waals surface area contributed by atoms with E-state index in [-0.39, 0.29) is 5.41 Å². The van der Waals surface area contributed by atoms with Gasteiger partial charge >= 0.3 is 0 Å². The van der Waals surface area contributed by atoms with Gasteiger partial charge in [-0.1, -0.05) is 25.4 Å². The highest BCUT2D eigenvalue weighted by Gasteiger charge is 2.23. The zero-order chi connectivity index (χ0) is 12.9. The molecule has 0 saturated heterocycles. The van der Waals surface area contributed by atoms with Gasteiger partial charge in [0.2, 0.25) is 0 Å². The van der Waals surface area contributed by atoms with E-state index in [0.717, 1.165) is 30.5 Å². The third kappa shape index (κ3) is 4.59. The first kappa shape index (κ1) is 15.0. The van der Waals surface area contributed by atoms with Crippen LogP contribution in [0.5, 0.6) is 0 Å². The van der Waals surface area contributed by atoms with Gasteiger partial charge in [-0.25, -0.2) is 0 Å².